The fraction of sp³-hybridized carbons (Fsp3) is 0.833. The van der Waals surface area contributed by atoms with Crippen LogP contribution in [0.3, 0.4) is 0 Å². The largest absolute Gasteiger partial charge is 0.544 e. The molecule has 3 aliphatic rings. The van der Waals surface area contributed by atoms with Crippen molar-refractivity contribution in [3.8, 4) is 0 Å². The van der Waals surface area contributed by atoms with Gasteiger partial charge in [0.25, 0.3) is 5.04 Å². The number of thioether (sulfide) groups is 1. The molecule has 3 rings (SSSR count). The van der Waals surface area contributed by atoms with Gasteiger partial charge in [-0.25, -0.2) is 4.58 Å². The molecule has 6 atom stereocenters. The van der Waals surface area contributed by atoms with Crippen LogP contribution in [0.25, 0.3) is 0 Å². The first-order chi connectivity index (χ1) is 12.3. The summed E-state index contributed by atoms with van der Waals surface area (Å²) in [6, 6.07) is 0.403. The summed E-state index contributed by atoms with van der Waals surface area (Å²) in [5.74, 6) is -1.08. The zero-order valence-corrected chi connectivity index (χ0v) is 17.0. The number of fused-ring (bicyclic) bond motifs is 1. The number of halogens is 1. The Labute approximate surface area is 164 Å². The highest BCUT2D eigenvalue weighted by molar-refractivity contribution is 8.16. The van der Waals surface area contributed by atoms with Crippen LogP contribution in [0.15, 0.2) is 4.99 Å². The normalized spacial score (nSPS) is 38.2. The summed E-state index contributed by atoms with van der Waals surface area (Å²) in [6.07, 6.45) is 6.64. The summed E-state index contributed by atoms with van der Waals surface area (Å²) >= 11 is 8.01. The van der Waals surface area contributed by atoms with Crippen molar-refractivity contribution in [3.63, 3.8) is 0 Å². The molecule has 26 heavy (non-hydrogen) atoms. The number of carbonyl (C=O) groups is 1. The van der Waals surface area contributed by atoms with Gasteiger partial charge < -0.3 is 19.9 Å². The van der Waals surface area contributed by atoms with Crippen molar-refractivity contribution >= 4 is 40.6 Å². The molecule has 1 heterocycles. The number of aliphatic imine (C=N–C) groups is 1. The minimum Gasteiger partial charge on any atom is -0.544 e. The van der Waals surface area contributed by atoms with Crippen LogP contribution in [-0.2, 0) is 4.79 Å². The summed E-state index contributed by atoms with van der Waals surface area (Å²) in [6.45, 7) is -0.130. The maximum Gasteiger partial charge on any atom is 0.253 e. The Kier molecular flexibility index (Phi) is 6.64. The predicted octanol–water partition coefficient (Wildman–Crippen LogP) is 0.337. The Morgan fingerprint density at radius 1 is 1.38 bits per heavy atom. The Morgan fingerprint density at radius 2 is 2.15 bits per heavy atom. The molecular weight excluding hydrogens is 374 g/mol. The zero-order valence-electron chi connectivity index (χ0n) is 15.4. The van der Waals surface area contributed by atoms with E-state index in [1.807, 2.05) is 18.7 Å². The molecule has 2 fully saturated rings. The SMILES string of the molecule is CN(C)C1CCC(N=CC2=[N+](CC(=O)[O-])C3CC(Cl)CCC3S2)C(O)C1. The number of rotatable bonds is 5. The molecule has 0 saturated heterocycles. The van der Waals surface area contributed by atoms with Crippen LogP contribution in [0.1, 0.15) is 38.5 Å². The van der Waals surface area contributed by atoms with Gasteiger partial charge >= 0.3 is 0 Å². The monoisotopic (exact) mass is 401 g/mol. The first-order valence-corrected chi connectivity index (χ1v) is 10.7. The maximum atomic E-state index is 11.2. The standard InChI is InChI=1S/C18H28ClN3O3S/c1-21(2)12-4-5-13(15(23)8-12)20-9-17-22(10-18(24)25)14-7-11(19)3-6-16(14)26-17/h9,11-16,23H,3-8,10H2,1-2H3. The summed E-state index contributed by atoms with van der Waals surface area (Å²) in [5.41, 5.74) is 0. The van der Waals surface area contributed by atoms with Crippen LogP contribution in [0, 0.1) is 0 Å². The van der Waals surface area contributed by atoms with Gasteiger partial charge in [-0.2, -0.15) is 0 Å². The highest BCUT2D eigenvalue weighted by Crippen LogP contribution is 2.38. The van der Waals surface area contributed by atoms with Gasteiger partial charge in [0.2, 0.25) is 0 Å². The van der Waals surface area contributed by atoms with E-state index >= 15 is 0 Å². The molecular formula is C18H28ClN3O3S. The van der Waals surface area contributed by atoms with Crippen LogP contribution in [0.5, 0.6) is 0 Å². The molecule has 6 unspecified atom stereocenters. The van der Waals surface area contributed by atoms with Crippen LogP contribution < -0.4 is 5.11 Å². The van der Waals surface area contributed by atoms with Gasteiger partial charge in [-0.15, -0.1) is 11.6 Å². The highest BCUT2D eigenvalue weighted by Gasteiger charge is 2.45. The average molecular weight is 402 g/mol. The molecule has 1 aliphatic heterocycles. The number of aliphatic hydroxyl groups is 1. The van der Waals surface area contributed by atoms with Gasteiger partial charge in [-0.1, -0.05) is 0 Å². The van der Waals surface area contributed by atoms with Gasteiger partial charge in [-0.05, 0) is 58.0 Å². The van der Waals surface area contributed by atoms with Gasteiger partial charge in [0.1, 0.15) is 12.2 Å². The third-order valence-electron chi connectivity index (χ3n) is 5.81. The van der Waals surface area contributed by atoms with Gasteiger partial charge in [0, 0.05) is 17.8 Å². The number of carboxylic acid groups (broad SMARTS) is 1. The molecule has 1 N–H and O–H groups in total. The molecule has 2 saturated carbocycles. The minimum atomic E-state index is -1.08. The molecule has 0 aromatic carbocycles. The van der Waals surface area contributed by atoms with Crippen LogP contribution in [-0.4, -0.2) is 87.3 Å². The molecule has 6 nitrogen and oxygen atoms in total. The topological polar surface area (TPSA) is 79.0 Å². The van der Waals surface area contributed by atoms with Crippen molar-refractivity contribution in [2.24, 2.45) is 4.99 Å². The quantitative estimate of drug-likeness (QED) is 0.408. The number of nitrogens with zero attached hydrogens (tertiary/aromatic N) is 3. The van der Waals surface area contributed by atoms with Crippen LogP contribution >= 0.6 is 23.4 Å². The Morgan fingerprint density at radius 3 is 2.81 bits per heavy atom. The minimum absolute atomic E-state index is 0.0977. The number of aliphatic carboxylic acids is 1. The van der Waals surface area contributed by atoms with Crippen molar-refractivity contribution in [1.82, 2.24) is 4.90 Å². The molecule has 2 aliphatic carbocycles. The Hall–Kier alpha value is -0.630. The van der Waals surface area contributed by atoms with E-state index in [9.17, 15) is 15.0 Å². The second kappa shape index (κ2) is 8.59. The van der Waals surface area contributed by atoms with Crippen molar-refractivity contribution in [1.29, 1.82) is 0 Å². The van der Waals surface area contributed by atoms with Gasteiger partial charge in [0.05, 0.1) is 17.4 Å². The molecule has 0 spiro atoms. The molecule has 0 amide bonds. The number of alkyl halides is 1. The van der Waals surface area contributed by atoms with Gasteiger partial charge in [-0.3, -0.25) is 4.99 Å². The summed E-state index contributed by atoms with van der Waals surface area (Å²) in [5, 5.41) is 23.0. The van der Waals surface area contributed by atoms with E-state index in [1.165, 1.54) is 0 Å². The second-order valence-corrected chi connectivity index (χ2v) is 9.69. The number of aliphatic hydroxyl groups excluding tert-OH is 1. The first-order valence-electron chi connectivity index (χ1n) is 9.37. The van der Waals surface area contributed by atoms with Crippen molar-refractivity contribution in [2.75, 3.05) is 20.6 Å². The van der Waals surface area contributed by atoms with Gasteiger partial charge in [0.15, 0.2) is 12.6 Å². The lowest BCUT2D eigenvalue weighted by Crippen LogP contribution is -2.43. The molecule has 0 aromatic rings. The average Bonchev–Trinajstić information content (AvgIpc) is 2.90. The fourth-order valence-corrected chi connectivity index (χ4v) is 6.02. The van der Waals surface area contributed by atoms with Crippen molar-refractivity contribution < 1.29 is 19.6 Å². The molecule has 0 radical (unpaired) electrons. The lowest BCUT2D eigenvalue weighted by Gasteiger charge is -2.34. The van der Waals surface area contributed by atoms with Crippen LogP contribution in [0.2, 0.25) is 0 Å². The van der Waals surface area contributed by atoms with E-state index in [1.54, 1.807) is 18.0 Å². The molecule has 8 heteroatoms. The summed E-state index contributed by atoms with van der Waals surface area (Å²) in [7, 11) is 4.07. The van der Waals surface area contributed by atoms with Crippen molar-refractivity contribution in [3.05, 3.63) is 0 Å². The summed E-state index contributed by atoms with van der Waals surface area (Å²) < 4.78 is 1.89. The number of hydrogen-bond donors (Lipinski definition) is 1. The Balaban J connectivity index is 1.72. The first kappa shape index (κ1) is 20.1. The van der Waals surface area contributed by atoms with E-state index in [-0.39, 0.29) is 24.0 Å². The van der Waals surface area contributed by atoms with E-state index in [0.717, 1.165) is 43.6 Å². The second-order valence-electron chi connectivity index (χ2n) is 7.82. The third-order valence-corrected chi connectivity index (χ3v) is 7.64. The molecule has 0 aromatic heterocycles. The fourth-order valence-electron chi connectivity index (χ4n) is 4.27. The Bertz CT molecular complexity index is 598. The van der Waals surface area contributed by atoms with Crippen LogP contribution in [0.4, 0.5) is 0 Å². The maximum absolute atomic E-state index is 11.2. The van der Waals surface area contributed by atoms with E-state index in [4.69, 9.17) is 11.6 Å². The number of carboxylic acids is 1. The lowest BCUT2D eigenvalue weighted by molar-refractivity contribution is -0.559. The highest BCUT2D eigenvalue weighted by atomic mass is 35.5. The van der Waals surface area contributed by atoms with E-state index in [2.05, 4.69) is 9.89 Å². The van der Waals surface area contributed by atoms with Crippen molar-refractivity contribution in [2.45, 2.75) is 73.4 Å². The smallest absolute Gasteiger partial charge is 0.253 e. The molecule has 146 valence electrons. The predicted molar refractivity (Wildman–Crippen MR) is 103 cm³/mol. The van der Waals surface area contributed by atoms with E-state index in [0.29, 0.717) is 11.3 Å². The summed E-state index contributed by atoms with van der Waals surface area (Å²) in [4.78, 5) is 18.0. The van der Waals surface area contributed by atoms with E-state index < -0.39 is 12.1 Å². The zero-order chi connectivity index (χ0) is 18.8. The lowest BCUT2D eigenvalue weighted by atomic mass is 9.88. The number of carbonyl (C=O) groups excluding carboxylic acids is 1. The number of hydrogen-bond acceptors (Lipinski definition) is 6. The third kappa shape index (κ3) is 4.61. The molecule has 0 bridgehead atoms.